The lowest BCUT2D eigenvalue weighted by molar-refractivity contribution is -0.912. The molecule has 10 nitrogen and oxygen atoms in total. The van der Waals surface area contributed by atoms with E-state index >= 15 is 0 Å². The number of likely N-dealkylation sites (N-methyl/N-ethyl adjacent to an activating group) is 1. The molecule has 4 rings (SSSR count). The van der Waals surface area contributed by atoms with E-state index in [0.29, 0.717) is 23.8 Å². The number of methoxy groups -OCH3 is 1. The summed E-state index contributed by atoms with van der Waals surface area (Å²) in [6.07, 6.45) is 2.19. The van der Waals surface area contributed by atoms with Crippen LogP contribution in [0.25, 0.3) is 0 Å². The van der Waals surface area contributed by atoms with Crippen LogP contribution in [0.2, 0.25) is 0 Å². The Balaban J connectivity index is 1.60. The van der Waals surface area contributed by atoms with Gasteiger partial charge in [-0.1, -0.05) is 0 Å². The lowest BCUT2D eigenvalue weighted by atomic mass is 9.91. The number of carbonyl (C=O) groups excluding carboxylic acids is 3. The average Bonchev–Trinajstić information content (AvgIpc) is 3.17. The number of hydrogen-bond donors (Lipinski definition) is 2. The zero-order valence-electron chi connectivity index (χ0n) is 16.5. The van der Waals surface area contributed by atoms with Gasteiger partial charge in [0.2, 0.25) is 24.4 Å². The van der Waals surface area contributed by atoms with Crippen LogP contribution in [-0.4, -0.2) is 70.0 Å². The van der Waals surface area contributed by atoms with Crippen molar-refractivity contribution in [1.29, 1.82) is 0 Å². The van der Waals surface area contributed by atoms with Crippen LogP contribution < -0.4 is 24.4 Å². The molecule has 0 spiro atoms. The second-order valence-electron chi connectivity index (χ2n) is 7.30. The Labute approximate surface area is 167 Å². The molecule has 154 valence electrons. The van der Waals surface area contributed by atoms with Crippen molar-refractivity contribution >= 4 is 24.1 Å². The molecule has 0 bridgehead atoms. The van der Waals surface area contributed by atoms with Crippen molar-refractivity contribution in [2.45, 2.75) is 12.5 Å². The Morgan fingerprint density at radius 1 is 1.38 bits per heavy atom. The van der Waals surface area contributed by atoms with Gasteiger partial charge in [-0.05, 0) is 11.6 Å². The summed E-state index contributed by atoms with van der Waals surface area (Å²) < 4.78 is 16.8. The molecular weight excluding hydrogens is 380 g/mol. The summed E-state index contributed by atoms with van der Waals surface area (Å²) >= 11 is 0. The van der Waals surface area contributed by atoms with Gasteiger partial charge in [0.25, 0.3) is 0 Å². The number of nitrogens with zero attached hydrogens (tertiary/aromatic N) is 2. The quantitative estimate of drug-likeness (QED) is 0.489. The van der Waals surface area contributed by atoms with Gasteiger partial charge in [-0.25, -0.2) is 4.79 Å². The molecule has 1 fully saturated rings. The van der Waals surface area contributed by atoms with Crippen LogP contribution in [0.5, 0.6) is 17.2 Å². The van der Waals surface area contributed by atoms with Gasteiger partial charge in [0.05, 0.1) is 32.8 Å². The molecule has 10 heteroatoms. The maximum Gasteiger partial charge on any atom is 0.330 e. The first-order valence-corrected chi connectivity index (χ1v) is 9.36. The van der Waals surface area contributed by atoms with Crippen LogP contribution in [0, 0.1) is 5.92 Å². The van der Waals surface area contributed by atoms with Crippen molar-refractivity contribution in [2.24, 2.45) is 10.9 Å². The number of fused-ring (bicyclic) bond motifs is 2. The number of benzene rings is 1. The summed E-state index contributed by atoms with van der Waals surface area (Å²) in [5.41, 5.74) is 2.12. The van der Waals surface area contributed by atoms with Crippen LogP contribution >= 0.6 is 0 Å². The van der Waals surface area contributed by atoms with E-state index in [2.05, 4.69) is 17.4 Å². The molecule has 3 heterocycles. The number of carbonyl (C=O) groups is 3. The van der Waals surface area contributed by atoms with E-state index in [1.54, 1.807) is 7.11 Å². The first-order valence-electron chi connectivity index (χ1n) is 9.36. The van der Waals surface area contributed by atoms with Crippen molar-refractivity contribution in [3.63, 3.8) is 0 Å². The molecule has 3 aliphatic heterocycles. The van der Waals surface area contributed by atoms with Gasteiger partial charge >= 0.3 is 6.03 Å². The standard InChI is InChI=1S/C19H22N4O6/c1-22-5-4-10-6-13-15(29-9-28-13)16(27-3)14(10)12(22)8-20-7-11-17(24)21-19(26)23(2)18(11)25/h6-7,11-12H,4-5,8-9H2,1-3H3,(H,21,24,26)/p+1/t11?,12-/m0/s1. The average molecular weight is 403 g/mol. The lowest BCUT2D eigenvalue weighted by Crippen LogP contribution is -3.10. The Hall–Kier alpha value is -3.14. The molecule has 3 aliphatic rings. The van der Waals surface area contributed by atoms with Crippen LogP contribution in [0.15, 0.2) is 11.1 Å². The molecule has 0 aliphatic carbocycles. The van der Waals surface area contributed by atoms with E-state index in [0.717, 1.165) is 29.0 Å². The summed E-state index contributed by atoms with van der Waals surface area (Å²) in [7, 11) is 4.99. The van der Waals surface area contributed by atoms with Crippen LogP contribution in [0.3, 0.4) is 0 Å². The summed E-state index contributed by atoms with van der Waals surface area (Å²) in [6.45, 7) is 1.41. The number of rotatable bonds is 4. The fourth-order valence-corrected chi connectivity index (χ4v) is 3.96. The number of barbiturate groups is 1. The fourth-order valence-electron chi connectivity index (χ4n) is 3.96. The molecule has 0 saturated carbocycles. The summed E-state index contributed by atoms with van der Waals surface area (Å²) in [4.78, 5) is 42.3. The Kier molecular flexibility index (Phi) is 4.87. The molecule has 4 amide bonds. The maximum atomic E-state index is 12.2. The highest BCUT2D eigenvalue weighted by Crippen LogP contribution is 2.47. The smallest absolute Gasteiger partial charge is 0.330 e. The van der Waals surface area contributed by atoms with Crippen LogP contribution in [0.4, 0.5) is 4.79 Å². The summed E-state index contributed by atoms with van der Waals surface area (Å²) in [5, 5.41) is 2.15. The number of imide groups is 2. The van der Waals surface area contributed by atoms with Gasteiger partial charge in [-0.15, -0.1) is 0 Å². The highest BCUT2D eigenvalue weighted by molar-refractivity contribution is 6.23. The predicted molar refractivity (Wildman–Crippen MR) is 100 cm³/mol. The van der Waals surface area contributed by atoms with E-state index in [4.69, 9.17) is 14.2 Å². The first-order chi connectivity index (χ1) is 13.9. The topological polar surface area (TPSA) is 111 Å². The number of ether oxygens (including phenoxy) is 3. The Morgan fingerprint density at radius 3 is 2.93 bits per heavy atom. The van der Waals surface area contributed by atoms with Gasteiger partial charge in [-0.3, -0.25) is 24.8 Å². The number of amides is 4. The largest absolute Gasteiger partial charge is 0.492 e. The van der Waals surface area contributed by atoms with Crippen LogP contribution in [-0.2, 0) is 16.0 Å². The second kappa shape index (κ2) is 7.36. The van der Waals surface area contributed by atoms with Crippen molar-refractivity contribution < 1.29 is 33.5 Å². The summed E-state index contributed by atoms with van der Waals surface area (Å²) in [6, 6.07) is 1.22. The van der Waals surface area contributed by atoms with E-state index in [1.165, 1.54) is 18.2 Å². The molecule has 2 unspecified atom stereocenters. The summed E-state index contributed by atoms with van der Waals surface area (Å²) in [5.74, 6) is -0.442. The first kappa shape index (κ1) is 19.2. The Morgan fingerprint density at radius 2 is 2.17 bits per heavy atom. The van der Waals surface area contributed by atoms with Gasteiger partial charge in [-0.2, -0.15) is 0 Å². The fraction of sp³-hybridized carbons (Fsp3) is 0.474. The van der Waals surface area contributed by atoms with E-state index in [9.17, 15) is 14.4 Å². The van der Waals surface area contributed by atoms with Gasteiger partial charge < -0.3 is 19.1 Å². The molecule has 1 saturated heterocycles. The van der Waals surface area contributed by atoms with Gasteiger partial charge in [0, 0.05) is 19.7 Å². The highest BCUT2D eigenvalue weighted by atomic mass is 16.7. The monoisotopic (exact) mass is 403 g/mol. The third-order valence-corrected chi connectivity index (χ3v) is 5.64. The maximum absolute atomic E-state index is 12.2. The molecule has 2 N–H and O–H groups in total. The predicted octanol–water partition coefficient (Wildman–Crippen LogP) is -1.07. The highest BCUT2D eigenvalue weighted by Gasteiger charge is 2.39. The number of quaternary nitrogens is 1. The minimum atomic E-state index is -1.11. The number of nitrogens with one attached hydrogen (secondary N) is 2. The normalized spacial score (nSPS) is 26.0. The zero-order valence-corrected chi connectivity index (χ0v) is 16.5. The minimum Gasteiger partial charge on any atom is -0.492 e. The molecule has 3 atom stereocenters. The van der Waals surface area contributed by atoms with Crippen molar-refractivity contribution in [3.05, 3.63) is 17.2 Å². The Bertz CT molecular complexity index is 914. The molecule has 29 heavy (non-hydrogen) atoms. The van der Waals surface area contributed by atoms with Gasteiger partial charge in [0.15, 0.2) is 17.4 Å². The lowest BCUT2D eigenvalue weighted by Gasteiger charge is -2.32. The molecule has 1 aromatic carbocycles. The number of urea groups is 1. The number of hydrogen-bond acceptors (Lipinski definition) is 7. The van der Waals surface area contributed by atoms with E-state index in [1.807, 2.05) is 6.07 Å². The second-order valence-corrected chi connectivity index (χ2v) is 7.30. The minimum absolute atomic E-state index is 0.0411. The molecular formula is C19H23N4O6+. The van der Waals surface area contributed by atoms with E-state index < -0.39 is 23.8 Å². The van der Waals surface area contributed by atoms with Crippen molar-refractivity contribution in [1.82, 2.24) is 10.2 Å². The van der Waals surface area contributed by atoms with Crippen molar-refractivity contribution in [2.75, 3.05) is 41.1 Å². The van der Waals surface area contributed by atoms with Crippen LogP contribution in [0.1, 0.15) is 17.2 Å². The molecule has 0 radical (unpaired) electrons. The number of aliphatic imine (C=N–C) groups is 1. The van der Waals surface area contributed by atoms with Gasteiger partial charge in [0.1, 0.15) is 6.04 Å². The molecule has 0 aromatic heterocycles. The third-order valence-electron chi connectivity index (χ3n) is 5.64. The SMILES string of the molecule is COc1c2c(cc3c1[C@H](CN=CC1C(=O)NC(=O)N(C)C1=O)[NH+](C)CC3)OCO2. The third kappa shape index (κ3) is 3.19. The molecule has 1 aromatic rings. The zero-order chi connectivity index (χ0) is 20.7. The van der Waals surface area contributed by atoms with Crippen molar-refractivity contribution in [3.8, 4) is 17.2 Å². The van der Waals surface area contributed by atoms with E-state index in [-0.39, 0.29) is 12.8 Å².